The van der Waals surface area contributed by atoms with E-state index in [-0.39, 0.29) is 31.1 Å². The number of nitrogens with zero attached hydrogens (tertiary/aromatic N) is 1. The van der Waals surface area contributed by atoms with Gasteiger partial charge in [-0.3, -0.25) is 9.59 Å². The zero-order valence-electron chi connectivity index (χ0n) is 24.2. The number of rotatable bonds is 12. The van der Waals surface area contributed by atoms with Crippen LogP contribution in [0.2, 0.25) is 0 Å². The maximum absolute atomic E-state index is 11.7. The number of carboxylic acid groups (broad SMARTS) is 1. The van der Waals surface area contributed by atoms with Crippen molar-refractivity contribution < 1.29 is 34.4 Å². The van der Waals surface area contributed by atoms with Crippen LogP contribution in [0.3, 0.4) is 0 Å². The van der Waals surface area contributed by atoms with E-state index >= 15 is 0 Å². The van der Waals surface area contributed by atoms with E-state index in [1.165, 1.54) is 31.3 Å². The van der Waals surface area contributed by atoms with Crippen molar-refractivity contribution >= 4 is 54.7 Å². The summed E-state index contributed by atoms with van der Waals surface area (Å²) in [5.41, 5.74) is 2.49. The van der Waals surface area contributed by atoms with E-state index in [0.717, 1.165) is 25.9 Å². The smallest absolute Gasteiger partial charge is 0.305 e. The third kappa shape index (κ3) is 11.3. The van der Waals surface area contributed by atoms with Crippen molar-refractivity contribution in [2.75, 3.05) is 52.6 Å². The predicted octanol–water partition coefficient (Wildman–Crippen LogP) is 3.94. The van der Waals surface area contributed by atoms with E-state index in [1.807, 2.05) is 0 Å². The number of carbonyl (C=O) groups is 2. The lowest BCUT2D eigenvalue weighted by Crippen LogP contribution is -2.53. The molecule has 2 fully saturated rings. The summed E-state index contributed by atoms with van der Waals surface area (Å²) >= 11 is 3.49. The van der Waals surface area contributed by atoms with Crippen molar-refractivity contribution in [2.45, 2.75) is 37.9 Å². The Kier molecular flexibility index (Phi) is 13.4. The molecule has 0 saturated carbocycles. The molecular formula is C32H40N2O7S2. The molecule has 0 aliphatic carbocycles. The molecule has 0 spiro atoms. The molecule has 232 valence electrons. The fraction of sp³-hybridized carbons (Fsp3) is 0.438. The first-order valence-electron chi connectivity index (χ1n) is 14.5. The van der Waals surface area contributed by atoms with Gasteiger partial charge in [0, 0.05) is 35.6 Å². The Morgan fingerprint density at radius 1 is 0.767 bits per heavy atom. The van der Waals surface area contributed by atoms with Gasteiger partial charge in [-0.15, -0.1) is 22.7 Å². The number of amides is 1. The van der Waals surface area contributed by atoms with Crippen LogP contribution >= 0.6 is 22.7 Å². The van der Waals surface area contributed by atoms with Crippen molar-refractivity contribution in [3.05, 3.63) is 70.4 Å². The Balaban J connectivity index is 0.000000172. The van der Waals surface area contributed by atoms with E-state index < -0.39 is 5.97 Å². The van der Waals surface area contributed by atoms with Gasteiger partial charge in [0.25, 0.3) is 0 Å². The number of likely N-dealkylation sites (tertiary alicyclic amines) is 1. The molecular weight excluding hydrogens is 588 g/mol. The van der Waals surface area contributed by atoms with Gasteiger partial charge < -0.3 is 35.0 Å². The zero-order valence-corrected chi connectivity index (χ0v) is 25.8. The number of aliphatic hydroxyl groups excluding tert-OH is 2. The largest absolute Gasteiger partial charge is 0.481 e. The van der Waals surface area contributed by atoms with Crippen LogP contribution in [0.15, 0.2) is 59.3 Å². The maximum atomic E-state index is 11.7. The molecule has 9 nitrogen and oxygen atoms in total. The molecule has 11 heteroatoms. The molecule has 2 aliphatic rings. The number of nitrogens with one attached hydrogen (secondary N) is 1. The van der Waals surface area contributed by atoms with E-state index in [1.54, 1.807) is 27.6 Å². The third-order valence-electron chi connectivity index (χ3n) is 7.00. The fourth-order valence-electron chi connectivity index (χ4n) is 4.34. The number of β-amino-alcohol motifs (C(OH)–C–C–N with tert-alkyl or cyclic N) is 2. The molecule has 6 rings (SSSR count). The standard InChI is InChI=1S/C16H19NO3S.C13H14O3S.C3H7NO/c18-14-10-17(11-14)16(19)4-7-20-6-3-12-1-2-15-13(9-12)5-8-21-15;14-13(15)4-7-16-6-3-10-1-2-12-11(9-10)5-8-17-12;5-3-1-4-2-3/h1-2,5,8-9,14,18H,3-4,6-7,10-11H2;1-2,5,8-9H,3-4,6-7H2,(H,14,15);3-5H,1-2H2. The summed E-state index contributed by atoms with van der Waals surface area (Å²) in [7, 11) is 0. The molecule has 43 heavy (non-hydrogen) atoms. The highest BCUT2D eigenvalue weighted by Gasteiger charge is 2.28. The van der Waals surface area contributed by atoms with Crippen LogP contribution in [0.25, 0.3) is 20.2 Å². The number of fused-ring (bicyclic) bond motifs is 2. The first-order valence-corrected chi connectivity index (χ1v) is 16.3. The zero-order chi connectivity index (χ0) is 30.4. The average Bonchev–Trinajstić information content (AvgIpc) is 3.63. The lowest BCUT2D eigenvalue weighted by Gasteiger charge is -2.35. The van der Waals surface area contributed by atoms with Gasteiger partial charge >= 0.3 is 5.97 Å². The number of aliphatic hydroxyl groups is 2. The van der Waals surface area contributed by atoms with Crippen molar-refractivity contribution in [3.8, 4) is 0 Å². The van der Waals surface area contributed by atoms with E-state index in [2.05, 4.69) is 64.6 Å². The summed E-state index contributed by atoms with van der Waals surface area (Å²) in [6.45, 7) is 4.47. The molecule has 0 unspecified atom stereocenters. The van der Waals surface area contributed by atoms with Gasteiger partial charge in [-0.2, -0.15) is 0 Å². The second-order valence-electron chi connectivity index (χ2n) is 10.5. The fourth-order valence-corrected chi connectivity index (χ4v) is 5.88. The average molecular weight is 629 g/mol. The molecule has 4 heterocycles. The monoisotopic (exact) mass is 628 g/mol. The highest BCUT2D eigenvalue weighted by atomic mass is 32.1. The summed E-state index contributed by atoms with van der Waals surface area (Å²) in [6.07, 6.45) is 1.78. The normalized spacial score (nSPS) is 14.8. The molecule has 0 bridgehead atoms. The predicted molar refractivity (Wildman–Crippen MR) is 171 cm³/mol. The Bertz CT molecular complexity index is 1430. The van der Waals surface area contributed by atoms with Crippen molar-refractivity contribution in [2.24, 2.45) is 0 Å². The molecule has 1 amide bonds. The lowest BCUT2D eigenvalue weighted by molar-refractivity contribution is -0.142. The number of hydrogen-bond acceptors (Lipinski definition) is 9. The summed E-state index contributed by atoms with van der Waals surface area (Å²) in [4.78, 5) is 23.6. The van der Waals surface area contributed by atoms with Crippen LogP contribution in [0.5, 0.6) is 0 Å². The number of carboxylic acids is 1. The van der Waals surface area contributed by atoms with Crippen LogP contribution in [0.4, 0.5) is 0 Å². The van der Waals surface area contributed by atoms with Gasteiger partial charge in [-0.25, -0.2) is 0 Å². The summed E-state index contributed by atoms with van der Waals surface area (Å²) in [5, 5.41) is 35.6. The van der Waals surface area contributed by atoms with Crippen molar-refractivity contribution in [3.63, 3.8) is 0 Å². The Morgan fingerprint density at radius 2 is 1.28 bits per heavy atom. The van der Waals surface area contributed by atoms with Crippen LogP contribution < -0.4 is 5.32 Å². The Hall–Kier alpha value is -2.90. The quantitative estimate of drug-likeness (QED) is 0.174. The number of hydrogen-bond donors (Lipinski definition) is 4. The topological polar surface area (TPSA) is 129 Å². The minimum atomic E-state index is -0.815. The molecule has 2 aromatic heterocycles. The number of ether oxygens (including phenoxy) is 2. The number of benzene rings is 2. The van der Waals surface area contributed by atoms with Crippen LogP contribution in [0, 0.1) is 0 Å². The Labute approximate surface area is 259 Å². The third-order valence-corrected chi connectivity index (χ3v) is 8.79. The van der Waals surface area contributed by atoms with E-state index in [9.17, 15) is 9.59 Å². The van der Waals surface area contributed by atoms with Gasteiger partial charge in [0.05, 0.1) is 51.5 Å². The SMILES string of the molecule is O=C(CCOCCc1ccc2sccc2c1)N1CC(O)C1.O=C(O)CCOCCc1ccc2sccc2c1.OC1CNC1. The van der Waals surface area contributed by atoms with Gasteiger partial charge in [-0.1, -0.05) is 24.3 Å². The maximum Gasteiger partial charge on any atom is 0.305 e. The highest BCUT2D eigenvalue weighted by Crippen LogP contribution is 2.23. The number of carbonyl (C=O) groups excluding carboxylic acids is 1. The van der Waals surface area contributed by atoms with Crippen molar-refractivity contribution in [1.29, 1.82) is 0 Å². The molecule has 0 radical (unpaired) electrons. The summed E-state index contributed by atoms with van der Waals surface area (Å²) in [6, 6.07) is 17.1. The van der Waals surface area contributed by atoms with Crippen LogP contribution in [-0.2, 0) is 31.9 Å². The molecule has 2 aromatic carbocycles. The second kappa shape index (κ2) is 17.4. The Morgan fingerprint density at radius 3 is 1.72 bits per heavy atom. The molecule has 2 saturated heterocycles. The molecule has 0 atom stereocenters. The first kappa shape index (κ1) is 33.0. The van der Waals surface area contributed by atoms with Gasteiger partial charge in [0.2, 0.25) is 5.91 Å². The summed E-state index contributed by atoms with van der Waals surface area (Å²) in [5.74, 6) is -0.746. The number of aliphatic carboxylic acids is 1. The lowest BCUT2D eigenvalue weighted by atomic mass is 10.1. The molecule has 2 aliphatic heterocycles. The van der Waals surface area contributed by atoms with Crippen molar-refractivity contribution in [1.82, 2.24) is 10.2 Å². The number of thiophene rings is 2. The minimum Gasteiger partial charge on any atom is -0.481 e. The second-order valence-corrected chi connectivity index (χ2v) is 12.4. The van der Waals surface area contributed by atoms with Crippen LogP contribution in [0.1, 0.15) is 24.0 Å². The van der Waals surface area contributed by atoms with Gasteiger partial charge in [0.1, 0.15) is 0 Å². The first-order chi connectivity index (χ1) is 20.9. The van der Waals surface area contributed by atoms with E-state index in [4.69, 9.17) is 24.8 Å². The van der Waals surface area contributed by atoms with Gasteiger partial charge in [-0.05, 0) is 69.8 Å². The van der Waals surface area contributed by atoms with Gasteiger partial charge in [0.15, 0.2) is 0 Å². The molecule has 4 aromatic rings. The summed E-state index contributed by atoms with van der Waals surface area (Å²) < 4.78 is 13.4. The minimum absolute atomic E-state index is 0.0463. The van der Waals surface area contributed by atoms with E-state index in [0.29, 0.717) is 39.3 Å². The molecule has 4 N–H and O–H groups in total. The van der Waals surface area contributed by atoms with Crippen LogP contribution in [-0.4, -0.2) is 96.9 Å². The highest BCUT2D eigenvalue weighted by molar-refractivity contribution is 7.17.